The second-order valence-electron chi connectivity index (χ2n) is 7.12. The number of rotatable bonds is 7. The number of primary amides is 1. The number of hydrogen-bond donors (Lipinski definition) is 2. The Morgan fingerprint density at radius 3 is 2.76 bits per heavy atom. The maximum Gasteiger partial charge on any atom is 0.288 e. The minimum Gasteiger partial charge on any atom is -0.383 e. The van der Waals surface area contributed by atoms with Crippen LogP contribution in [0.2, 0.25) is 0 Å². The molecule has 0 atom stereocenters. The molecule has 0 saturated heterocycles. The van der Waals surface area contributed by atoms with E-state index in [1.54, 1.807) is 41.7 Å². The molecule has 3 N–H and O–H groups in total. The number of carbonyl (C=O) groups is 2. The Bertz CT molecular complexity index is 1070. The molecule has 11 heteroatoms. The molecular formula is C22H27N7O3S. The lowest BCUT2D eigenvalue weighted by Gasteiger charge is -2.17. The summed E-state index contributed by atoms with van der Waals surface area (Å²) in [6, 6.07) is 11.8. The molecule has 10 nitrogen and oxygen atoms in total. The Morgan fingerprint density at radius 1 is 1.27 bits per heavy atom. The highest BCUT2D eigenvalue weighted by Gasteiger charge is 2.19. The Kier molecular flexibility index (Phi) is 8.79. The highest BCUT2D eigenvalue weighted by atomic mass is 32.2. The summed E-state index contributed by atoms with van der Waals surface area (Å²) in [7, 11) is 3.47. The van der Waals surface area contributed by atoms with Crippen LogP contribution >= 0.6 is 11.8 Å². The number of ether oxygens (including phenoxy) is 1. The predicted octanol–water partition coefficient (Wildman–Crippen LogP) is 2.02. The minimum atomic E-state index is -0.609. The third-order valence-corrected chi connectivity index (χ3v) is 5.76. The molecule has 1 aliphatic rings. The lowest BCUT2D eigenvalue weighted by atomic mass is 10.2. The van der Waals surface area contributed by atoms with Crippen molar-refractivity contribution in [2.45, 2.75) is 17.9 Å². The van der Waals surface area contributed by atoms with Gasteiger partial charge in [0.05, 0.1) is 25.0 Å². The Morgan fingerprint density at radius 2 is 2.06 bits per heavy atom. The first kappa shape index (κ1) is 24.2. The summed E-state index contributed by atoms with van der Waals surface area (Å²) in [5.74, 6) is 1.22. The van der Waals surface area contributed by atoms with Gasteiger partial charge in [0.2, 0.25) is 11.7 Å². The van der Waals surface area contributed by atoms with Crippen LogP contribution < -0.4 is 16.0 Å². The first-order valence-electron chi connectivity index (χ1n) is 10.3. The van der Waals surface area contributed by atoms with Crippen molar-refractivity contribution >= 4 is 35.1 Å². The summed E-state index contributed by atoms with van der Waals surface area (Å²) >= 11 is 1.70. The van der Waals surface area contributed by atoms with Gasteiger partial charge < -0.3 is 20.7 Å². The van der Waals surface area contributed by atoms with Crippen LogP contribution in [0.5, 0.6) is 0 Å². The lowest BCUT2D eigenvalue weighted by Crippen LogP contribution is -2.25. The molecule has 0 radical (unpaired) electrons. The maximum absolute atomic E-state index is 11.7. The third kappa shape index (κ3) is 7.02. The number of anilines is 2. The van der Waals surface area contributed by atoms with Crippen LogP contribution in [0.25, 0.3) is 0 Å². The van der Waals surface area contributed by atoms with Gasteiger partial charge in [-0.05, 0) is 11.6 Å². The molecule has 4 rings (SSSR count). The fourth-order valence-corrected chi connectivity index (χ4v) is 4.01. The Hall–Kier alpha value is -3.44. The molecular weight excluding hydrogens is 442 g/mol. The van der Waals surface area contributed by atoms with Crippen molar-refractivity contribution in [1.29, 1.82) is 0 Å². The number of benzene rings is 1. The first-order valence-corrected chi connectivity index (χ1v) is 11.3. The summed E-state index contributed by atoms with van der Waals surface area (Å²) in [6.45, 7) is 1.95. The fraction of sp³-hybridized carbons (Fsp3) is 0.318. The molecule has 2 aromatic heterocycles. The van der Waals surface area contributed by atoms with E-state index in [0.29, 0.717) is 19.6 Å². The molecule has 0 aliphatic carbocycles. The van der Waals surface area contributed by atoms with Gasteiger partial charge >= 0.3 is 0 Å². The van der Waals surface area contributed by atoms with Gasteiger partial charge in [-0.25, -0.2) is 14.6 Å². The molecule has 174 valence electrons. The molecule has 0 saturated carbocycles. The first-order chi connectivity index (χ1) is 16.0. The highest BCUT2D eigenvalue weighted by Crippen LogP contribution is 2.34. The molecule has 3 heterocycles. The maximum atomic E-state index is 11.7. The van der Waals surface area contributed by atoms with E-state index < -0.39 is 5.91 Å². The van der Waals surface area contributed by atoms with E-state index >= 15 is 0 Å². The van der Waals surface area contributed by atoms with Crippen LogP contribution in [0.1, 0.15) is 22.6 Å². The van der Waals surface area contributed by atoms with Gasteiger partial charge in [0.15, 0.2) is 0 Å². The topological polar surface area (TPSA) is 128 Å². The van der Waals surface area contributed by atoms with Crippen molar-refractivity contribution in [3.63, 3.8) is 0 Å². The summed E-state index contributed by atoms with van der Waals surface area (Å²) < 4.78 is 6.56. The number of nitrogens with one attached hydrogen (secondary N) is 1. The number of methoxy groups -OCH3 is 1. The van der Waals surface area contributed by atoms with Crippen molar-refractivity contribution in [3.8, 4) is 0 Å². The number of amides is 2. The number of pyridine rings is 1. The fourth-order valence-electron chi connectivity index (χ4n) is 2.98. The van der Waals surface area contributed by atoms with E-state index in [1.807, 2.05) is 36.4 Å². The number of aromatic nitrogens is 4. The standard InChI is InChI=1S/C12H17N3O2S.C10H10N4O/c1-15-9-8-14-11(13-4-5-17-2)7-10(9)18-6-3-12(15)16;11-9(15)10-12-7-14(13-10)6-8-4-2-1-3-5-8/h7-8H,3-6H2,1-2H3,(H,13,14);1-5,7H,6H2,(H2,11,15). The van der Waals surface area contributed by atoms with E-state index in [-0.39, 0.29) is 11.7 Å². The summed E-state index contributed by atoms with van der Waals surface area (Å²) in [5.41, 5.74) is 7.03. The van der Waals surface area contributed by atoms with Gasteiger partial charge in [-0.1, -0.05) is 30.3 Å². The van der Waals surface area contributed by atoms with Crippen molar-refractivity contribution in [3.05, 3.63) is 60.3 Å². The van der Waals surface area contributed by atoms with Gasteiger partial charge in [-0.15, -0.1) is 16.9 Å². The molecule has 0 fully saturated rings. The molecule has 1 aromatic carbocycles. The molecule has 33 heavy (non-hydrogen) atoms. The van der Waals surface area contributed by atoms with Crippen molar-refractivity contribution in [2.75, 3.05) is 43.3 Å². The zero-order valence-electron chi connectivity index (χ0n) is 18.6. The van der Waals surface area contributed by atoms with Gasteiger partial charge in [0, 0.05) is 37.8 Å². The quantitative estimate of drug-likeness (QED) is 0.503. The van der Waals surface area contributed by atoms with Crippen LogP contribution in [-0.2, 0) is 16.1 Å². The number of fused-ring (bicyclic) bond motifs is 1. The zero-order valence-corrected chi connectivity index (χ0v) is 19.4. The second-order valence-corrected chi connectivity index (χ2v) is 8.26. The predicted molar refractivity (Wildman–Crippen MR) is 127 cm³/mol. The van der Waals surface area contributed by atoms with Crippen LogP contribution in [0.15, 0.2) is 53.8 Å². The Balaban J connectivity index is 0.000000189. The largest absolute Gasteiger partial charge is 0.383 e. The van der Waals surface area contributed by atoms with E-state index in [0.717, 1.165) is 34.3 Å². The van der Waals surface area contributed by atoms with E-state index in [9.17, 15) is 9.59 Å². The average Bonchev–Trinajstić information content (AvgIpc) is 3.23. The zero-order chi connectivity index (χ0) is 23.6. The van der Waals surface area contributed by atoms with E-state index in [4.69, 9.17) is 10.5 Å². The van der Waals surface area contributed by atoms with Crippen molar-refractivity contribution < 1.29 is 14.3 Å². The second kappa shape index (κ2) is 12.0. The molecule has 0 spiro atoms. The van der Waals surface area contributed by atoms with E-state index in [2.05, 4.69) is 20.4 Å². The Labute approximate surface area is 196 Å². The number of hydrogen-bond acceptors (Lipinski definition) is 8. The van der Waals surface area contributed by atoms with Gasteiger partial charge in [0.25, 0.3) is 5.91 Å². The summed E-state index contributed by atoms with van der Waals surface area (Å²) in [4.78, 5) is 33.4. The van der Waals surface area contributed by atoms with Crippen molar-refractivity contribution in [1.82, 2.24) is 19.7 Å². The SMILES string of the molecule is COCCNc1cc2c(cn1)N(C)C(=O)CCS2.NC(=O)c1ncn(Cc2ccccc2)n1. The summed E-state index contributed by atoms with van der Waals surface area (Å²) in [6.07, 6.45) is 3.82. The van der Waals surface area contributed by atoms with Crippen LogP contribution in [0.3, 0.4) is 0 Å². The molecule has 1 aliphatic heterocycles. The average molecular weight is 470 g/mol. The number of thioether (sulfide) groups is 1. The molecule has 3 aromatic rings. The minimum absolute atomic E-state index is 0.0472. The van der Waals surface area contributed by atoms with Crippen LogP contribution in [0, 0.1) is 0 Å². The number of nitrogens with two attached hydrogens (primary N) is 1. The number of carbonyl (C=O) groups excluding carboxylic acids is 2. The van der Waals surface area contributed by atoms with Gasteiger partial charge in [0.1, 0.15) is 12.1 Å². The van der Waals surface area contributed by atoms with E-state index in [1.165, 1.54) is 6.33 Å². The number of nitrogens with zero attached hydrogens (tertiary/aromatic N) is 5. The van der Waals surface area contributed by atoms with Gasteiger partial charge in [-0.2, -0.15) is 0 Å². The molecule has 2 amide bonds. The molecule has 0 unspecified atom stereocenters. The monoisotopic (exact) mass is 469 g/mol. The lowest BCUT2D eigenvalue weighted by molar-refractivity contribution is -0.117. The summed E-state index contributed by atoms with van der Waals surface area (Å²) in [5, 5.41) is 7.13. The highest BCUT2D eigenvalue weighted by molar-refractivity contribution is 7.99. The normalized spacial score (nSPS) is 12.9. The van der Waals surface area contributed by atoms with Crippen LogP contribution in [-0.4, -0.2) is 64.6 Å². The van der Waals surface area contributed by atoms with Crippen LogP contribution in [0.4, 0.5) is 11.5 Å². The molecule has 0 bridgehead atoms. The van der Waals surface area contributed by atoms with Gasteiger partial charge in [-0.3, -0.25) is 9.59 Å². The van der Waals surface area contributed by atoms with Crippen molar-refractivity contribution in [2.24, 2.45) is 5.73 Å². The third-order valence-electron chi connectivity index (χ3n) is 4.71. The smallest absolute Gasteiger partial charge is 0.288 e.